The topological polar surface area (TPSA) is 46.9 Å². The molecule has 2 heterocycles. The molecule has 0 aliphatic rings. The van der Waals surface area contributed by atoms with Gasteiger partial charge in [0.05, 0.1) is 15.6 Å². The van der Waals surface area contributed by atoms with Crippen LogP contribution in [-0.2, 0) is 0 Å². The summed E-state index contributed by atoms with van der Waals surface area (Å²) in [6.45, 7) is 6.15. The Labute approximate surface area is 156 Å². The molecule has 4 nitrogen and oxygen atoms in total. The number of amides is 1. The van der Waals surface area contributed by atoms with Crippen LogP contribution < -0.4 is 5.32 Å². The van der Waals surface area contributed by atoms with Crippen LogP contribution in [0.2, 0.25) is 5.02 Å². The maximum atomic E-state index is 12.8. The molecule has 0 aliphatic heterocycles. The molecule has 0 spiro atoms. The number of carbonyl (C=O) groups is 1. The van der Waals surface area contributed by atoms with E-state index in [-0.39, 0.29) is 11.9 Å². The molecule has 2 aromatic heterocycles. The number of hydrogen-bond donors (Lipinski definition) is 1. The fourth-order valence-electron chi connectivity index (χ4n) is 2.34. The molecule has 1 amide bonds. The Balaban J connectivity index is 2.06. The van der Waals surface area contributed by atoms with Gasteiger partial charge in [-0.3, -0.25) is 4.79 Å². The zero-order chi connectivity index (χ0) is 18.0. The van der Waals surface area contributed by atoms with Gasteiger partial charge in [0.1, 0.15) is 11.4 Å². The zero-order valence-corrected chi connectivity index (χ0v) is 15.9. The van der Waals surface area contributed by atoms with Gasteiger partial charge in [0.2, 0.25) is 0 Å². The van der Waals surface area contributed by atoms with E-state index in [1.807, 2.05) is 48.7 Å². The fourth-order valence-corrected chi connectivity index (χ4v) is 3.24. The van der Waals surface area contributed by atoms with Crippen molar-refractivity contribution in [3.05, 3.63) is 58.6 Å². The lowest BCUT2D eigenvalue weighted by molar-refractivity contribution is 0.0922. The van der Waals surface area contributed by atoms with E-state index in [9.17, 15) is 4.79 Å². The number of rotatable bonds is 5. The molecule has 1 atom stereocenters. The van der Waals surface area contributed by atoms with Crippen LogP contribution in [0.15, 0.2) is 47.8 Å². The lowest BCUT2D eigenvalue weighted by atomic mass is 10.1. The van der Waals surface area contributed by atoms with Crippen LogP contribution in [0.25, 0.3) is 16.3 Å². The molecule has 0 aliphatic carbocycles. The van der Waals surface area contributed by atoms with Crippen LogP contribution in [0, 0.1) is 5.92 Å². The van der Waals surface area contributed by atoms with E-state index in [0.29, 0.717) is 22.3 Å². The minimum atomic E-state index is -0.156. The number of nitrogens with one attached hydrogen (secondary N) is 1. The summed E-state index contributed by atoms with van der Waals surface area (Å²) in [5.41, 5.74) is 1.93. The van der Waals surface area contributed by atoms with Gasteiger partial charge in [-0.25, -0.2) is 4.68 Å². The van der Waals surface area contributed by atoms with Crippen LogP contribution >= 0.6 is 22.9 Å². The molecule has 6 heteroatoms. The van der Waals surface area contributed by atoms with Crippen molar-refractivity contribution < 1.29 is 4.79 Å². The summed E-state index contributed by atoms with van der Waals surface area (Å²) < 4.78 is 1.62. The highest BCUT2D eigenvalue weighted by Crippen LogP contribution is 2.28. The van der Waals surface area contributed by atoms with Gasteiger partial charge < -0.3 is 5.32 Å². The van der Waals surface area contributed by atoms with Crippen molar-refractivity contribution in [3.63, 3.8) is 0 Å². The molecule has 3 aromatic rings. The Hall–Kier alpha value is -2.11. The Morgan fingerprint density at radius 3 is 2.60 bits per heavy atom. The molecule has 0 saturated heterocycles. The molecule has 25 heavy (non-hydrogen) atoms. The lowest BCUT2D eigenvalue weighted by Gasteiger charge is -2.17. The predicted octanol–water partition coefficient (Wildman–Crippen LogP) is 5.03. The van der Waals surface area contributed by atoms with Gasteiger partial charge in [0.15, 0.2) is 0 Å². The van der Waals surface area contributed by atoms with Gasteiger partial charge in [-0.2, -0.15) is 5.10 Å². The summed E-state index contributed by atoms with van der Waals surface area (Å²) in [4.78, 5) is 13.8. The highest BCUT2D eigenvalue weighted by Gasteiger charge is 2.21. The third kappa shape index (κ3) is 3.78. The average molecular weight is 374 g/mol. The first-order valence-corrected chi connectivity index (χ1v) is 9.43. The van der Waals surface area contributed by atoms with E-state index in [1.165, 1.54) is 0 Å². The fraction of sp³-hybridized carbons (Fsp3) is 0.263. The summed E-state index contributed by atoms with van der Waals surface area (Å²) in [7, 11) is 0. The van der Waals surface area contributed by atoms with Crippen molar-refractivity contribution in [2.45, 2.75) is 26.8 Å². The van der Waals surface area contributed by atoms with Gasteiger partial charge in [-0.1, -0.05) is 43.6 Å². The number of hydrogen-bond acceptors (Lipinski definition) is 3. The second-order valence-electron chi connectivity index (χ2n) is 6.26. The largest absolute Gasteiger partial charge is 0.348 e. The van der Waals surface area contributed by atoms with Gasteiger partial charge >= 0.3 is 0 Å². The molecule has 0 bridgehead atoms. The van der Waals surface area contributed by atoms with Crippen molar-refractivity contribution in [2.75, 3.05) is 0 Å². The predicted molar refractivity (Wildman–Crippen MR) is 104 cm³/mol. The summed E-state index contributed by atoms with van der Waals surface area (Å²) in [5.74, 6) is 0.189. The van der Waals surface area contributed by atoms with Crippen molar-refractivity contribution in [2.24, 2.45) is 5.92 Å². The van der Waals surface area contributed by atoms with Gasteiger partial charge in [0.25, 0.3) is 5.91 Å². The van der Waals surface area contributed by atoms with Crippen molar-refractivity contribution in [1.29, 1.82) is 0 Å². The Bertz CT molecular complexity index is 871. The normalized spacial score (nSPS) is 12.4. The van der Waals surface area contributed by atoms with E-state index in [0.717, 1.165) is 10.6 Å². The second kappa shape index (κ2) is 7.42. The highest BCUT2D eigenvalue weighted by molar-refractivity contribution is 7.13. The first-order valence-electron chi connectivity index (χ1n) is 8.17. The maximum Gasteiger partial charge on any atom is 0.270 e. The smallest absolute Gasteiger partial charge is 0.270 e. The summed E-state index contributed by atoms with van der Waals surface area (Å²) in [6, 6.07) is 13.2. The molecular weight excluding hydrogens is 354 g/mol. The van der Waals surface area contributed by atoms with Crippen LogP contribution in [0.1, 0.15) is 31.3 Å². The summed E-state index contributed by atoms with van der Waals surface area (Å²) in [6.07, 6.45) is 0. The van der Waals surface area contributed by atoms with E-state index in [2.05, 4.69) is 24.3 Å². The molecule has 0 fully saturated rings. The molecule has 0 saturated carbocycles. The first-order chi connectivity index (χ1) is 12.0. The quantitative estimate of drug-likeness (QED) is 0.681. The molecule has 3 rings (SSSR count). The number of nitrogens with zero attached hydrogens (tertiary/aromatic N) is 2. The second-order valence-corrected chi connectivity index (χ2v) is 7.62. The van der Waals surface area contributed by atoms with Gasteiger partial charge in [-0.05, 0) is 42.5 Å². The number of aromatic nitrogens is 2. The standard InChI is InChI=1S/C19H20ClN3OS/c1-12(2)13(3)21-19(24)17-11-15(18-9-6-10-25-18)22-23(17)16-8-5-4-7-14(16)20/h4-13H,1-3H3,(H,21,24)/t13-/m1/s1. The van der Waals surface area contributed by atoms with E-state index in [4.69, 9.17) is 11.6 Å². The number of thiophene rings is 1. The van der Waals surface area contributed by atoms with Crippen molar-refractivity contribution >= 4 is 28.8 Å². The van der Waals surface area contributed by atoms with Crippen LogP contribution in [0.5, 0.6) is 0 Å². The highest BCUT2D eigenvalue weighted by atomic mass is 35.5. The molecule has 1 aromatic carbocycles. The van der Waals surface area contributed by atoms with Crippen molar-refractivity contribution in [1.82, 2.24) is 15.1 Å². The molecule has 0 unspecified atom stereocenters. The van der Waals surface area contributed by atoms with Crippen LogP contribution in [0.4, 0.5) is 0 Å². The molecule has 0 radical (unpaired) electrons. The Kier molecular flexibility index (Phi) is 5.25. The summed E-state index contributed by atoms with van der Waals surface area (Å²) >= 11 is 7.92. The minimum absolute atomic E-state index is 0.0623. The lowest BCUT2D eigenvalue weighted by Crippen LogP contribution is -2.37. The number of benzene rings is 1. The van der Waals surface area contributed by atoms with E-state index >= 15 is 0 Å². The monoisotopic (exact) mass is 373 g/mol. The van der Waals surface area contributed by atoms with Crippen LogP contribution in [0.3, 0.4) is 0 Å². The third-order valence-electron chi connectivity index (χ3n) is 4.16. The van der Waals surface area contributed by atoms with E-state index < -0.39 is 0 Å². The number of halogens is 1. The first kappa shape index (κ1) is 17.7. The molecular formula is C19H20ClN3OS. The minimum Gasteiger partial charge on any atom is -0.348 e. The Morgan fingerprint density at radius 1 is 1.20 bits per heavy atom. The molecule has 1 N–H and O–H groups in total. The number of carbonyl (C=O) groups excluding carboxylic acids is 1. The number of para-hydroxylation sites is 1. The van der Waals surface area contributed by atoms with Gasteiger partial charge in [0, 0.05) is 6.04 Å². The summed E-state index contributed by atoms with van der Waals surface area (Å²) in [5, 5.41) is 10.2. The van der Waals surface area contributed by atoms with Crippen LogP contribution in [-0.4, -0.2) is 21.7 Å². The SMILES string of the molecule is CC(C)[C@@H](C)NC(=O)c1cc(-c2cccs2)nn1-c1ccccc1Cl. The van der Waals surface area contributed by atoms with Crippen molar-refractivity contribution in [3.8, 4) is 16.3 Å². The van der Waals surface area contributed by atoms with Gasteiger partial charge in [-0.15, -0.1) is 11.3 Å². The zero-order valence-electron chi connectivity index (χ0n) is 14.4. The Morgan fingerprint density at radius 2 is 1.96 bits per heavy atom. The average Bonchev–Trinajstić information content (AvgIpc) is 3.24. The van der Waals surface area contributed by atoms with E-state index in [1.54, 1.807) is 22.1 Å². The molecule has 130 valence electrons. The maximum absolute atomic E-state index is 12.8. The third-order valence-corrected chi connectivity index (χ3v) is 5.37.